The number of hydrogen-bond acceptors (Lipinski definition) is 4. The lowest BCUT2D eigenvalue weighted by molar-refractivity contribution is -0.136. The van der Waals surface area contributed by atoms with Crippen LogP contribution in [-0.4, -0.2) is 35.0 Å². The fraction of sp³-hybridized carbons (Fsp3) is 0.500. The second-order valence-corrected chi connectivity index (χ2v) is 4.18. The number of amides is 1. The molecule has 1 aliphatic rings. The molecule has 1 aromatic rings. The first-order valence-corrected chi connectivity index (χ1v) is 5.84. The lowest BCUT2D eigenvalue weighted by Gasteiger charge is -2.21. The molecule has 0 aromatic carbocycles. The molecule has 92 valence electrons. The number of likely N-dealkylation sites (tertiary alicyclic amines) is 1. The third-order valence-electron chi connectivity index (χ3n) is 2.87. The average molecular weight is 235 g/mol. The van der Waals surface area contributed by atoms with E-state index in [0.717, 1.165) is 25.9 Å². The summed E-state index contributed by atoms with van der Waals surface area (Å²) >= 11 is 0. The first-order chi connectivity index (χ1) is 8.18. The molecule has 1 saturated heterocycles. The fourth-order valence-corrected chi connectivity index (χ4v) is 1.94. The van der Waals surface area contributed by atoms with Crippen molar-refractivity contribution in [3.05, 3.63) is 18.3 Å². The number of hydrogen-bond donors (Lipinski definition) is 1. The molecular formula is C12H17N3O2. The number of aromatic nitrogens is 1. The summed E-state index contributed by atoms with van der Waals surface area (Å²) in [5.41, 5.74) is 5.66. The highest BCUT2D eigenvalue weighted by molar-refractivity contribution is 5.81. The van der Waals surface area contributed by atoms with Gasteiger partial charge in [-0.15, -0.1) is 0 Å². The summed E-state index contributed by atoms with van der Waals surface area (Å²) in [4.78, 5) is 17.7. The maximum atomic E-state index is 12.0. The molecule has 2 rings (SSSR count). The van der Waals surface area contributed by atoms with Gasteiger partial charge in [0.05, 0.1) is 0 Å². The molecular weight excluding hydrogens is 218 g/mol. The zero-order chi connectivity index (χ0) is 12.3. The lowest BCUT2D eigenvalue weighted by Crippen LogP contribution is -2.38. The number of carbonyl (C=O) groups is 1. The molecule has 2 N–H and O–H groups in total. The highest BCUT2D eigenvalue weighted by Crippen LogP contribution is 2.19. The van der Waals surface area contributed by atoms with Crippen LogP contribution in [0, 0.1) is 0 Å². The molecule has 1 fully saturated rings. The van der Waals surface area contributed by atoms with E-state index >= 15 is 0 Å². The minimum absolute atomic E-state index is 0.0192. The second-order valence-electron chi connectivity index (χ2n) is 4.18. The van der Waals surface area contributed by atoms with Gasteiger partial charge in [0.15, 0.2) is 17.7 Å². The van der Waals surface area contributed by atoms with E-state index in [0.29, 0.717) is 11.6 Å². The van der Waals surface area contributed by atoms with Crippen molar-refractivity contribution in [2.45, 2.75) is 25.9 Å². The van der Waals surface area contributed by atoms with Crippen molar-refractivity contribution in [3.63, 3.8) is 0 Å². The van der Waals surface area contributed by atoms with Crippen LogP contribution in [0.3, 0.4) is 0 Å². The van der Waals surface area contributed by atoms with E-state index in [1.54, 1.807) is 25.3 Å². The van der Waals surface area contributed by atoms with Crippen LogP contribution < -0.4 is 10.5 Å². The lowest BCUT2D eigenvalue weighted by atomic mass is 10.3. The zero-order valence-electron chi connectivity index (χ0n) is 9.93. The fourth-order valence-electron chi connectivity index (χ4n) is 1.94. The first kappa shape index (κ1) is 11.7. The maximum absolute atomic E-state index is 12.0. The molecule has 0 aliphatic carbocycles. The van der Waals surface area contributed by atoms with Gasteiger partial charge in [-0.1, -0.05) is 0 Å². The van der Waals surface area contributed by atoms with Crippen molar-refractivity contribution in [3.8, 4) is 5.75 Å². The van der Waals surface area contributed by atoms with E-state index in [2.05, 4.69) is 4.98 Å². The number of carbonyl (C=O) groups excluding carboxylic acids is 1. The van der Waals surface area contributed by atoms with Crippen molar-refractivity contribution in [2.24, 2.45) is 0 Å². The summed E-state index contributed by atoms with van der Waals surface area (Å²) < 4.78 is 5.54. The van der Waals surface area contributed by atoms with Gasteiger partial charge >= 0.3 is 0 Å². The van der Waals surface area contributed by atoms with Gasteiger partial charge in [0, 0.05) is 19.3 Å². The normalized spacial score (nSPS) is 16.9. The quantitative estimate of drug-likeness (QED) is 0.850. The summed E-state index contributed by atoms with van der Waals surface area (Å²) in [7, 11) is 0. The van der Waals surface area contributed by atoms with E-state index in [1.807, 2.05) is 4.90 Å². The number of nitrogen functional groups attached to an aromatic ring is 1. The standard InChI is InChI=1S/C12H17N3O2/c1-9(12(16)15-7-2-3-8-15)17-10-5-4-6-14-11(10)13/h4-6,9H,2-3,7-8H2,1H3,(H2,13,14). The highest BCUT2D eigenvalue weighted by atomic mass is 16.5. The predicted molar refractivity (Wildman–Crippen MR) is 64.6 cm³/mol. The number of anilines is 1. The predicted octanol–water partition coefficient (Wildman–Crippen LogP) is 1.05. The third kappa shape index (κ3) is 2.67. The molecule has 1 atom stereocenters. The van der Waals surface area contributed by atoms with Crippen LogP contribution in [0.15, 0.2) is 18.3 Å². The molecule has 1 amide bonds. The van der Waals surface area contributed by atoms with Crippen molar-refractivity contribution >= 4 is 11.7 Å². The smallest absolute Gasteiger partial charge is 0.263 e. The van der Waals surface area contributed by atoms with Crippen LogP contribution in [0.5, 0.6) is 5.75 Å². The number of nitrogens with two attached hydrogens (primary N) is 1. The highest BCUT2D eigenvalue weighted by Gasteiger charge is 2.24. The minimum atomic E-state index is -0.514. The van der Waals surface area contributed by atoms with Gasteiger partial charge in [-0.25, -0.2) is 4.98 Å². The monoisotopic (exact) mass is 235 g/mol. The average Bonchev–Trinajstić information content (AvgIpc) is 2.84. The SMILES string of the molecule is CC(Oc1cccnc1N)C(=O)N1CCCC1. The third-order valence-corrected chi connectivity index (χ3v) is 2.87. The van der Waals surface area contributed by atoms with E-state index in [-0.39, 0.29) is 5.91 Å². The van der Waals surface area contributed by atoms with E-state index in [4.69, 9.17) is 10.5 Å². The Bertz CT molecular complexity index is 402. The molecule has 0 bridgehead atoms. The second kappa shape index (κ2) is 5.03. The van der Waals surface area contributed by atoms with Gasteiger partial charge in [0.2, 0.25) is 0 Å². The topological polar surface area (TPSA) is 68.5 Å². The van der Waals surface area contributed by atoms with Gasteiger partial charge in [-0.2, -0.15) is 0 Å². The Labute approximate surface area is 101 Å². The van der Waals surface area contributed by atoms with Gasteiger partial charge in [0.1, 0.15) is 0 Å². The van der Waals surface area contributed by atoms with Crippen molar-refractivity contribution in [1.82, 2.24) is 9.88 Å². The molecule has 1 unspecified atom stereocenters. The van der Waals surface area contributed by atoms with Crippen LogP contribution in [0.4, 0.5) is 5.82 Å². The van der Waals surface area contributed by atoms with Crippen LogP contribution in [-0.2, 0) is 4.79 Å². The summed E-state index contributed by atoms with van der Waals surface area (Å²) in [5, 5.41) is 0. The summed E-state index contributed by atoms with van der Waals surface area (Å²) in [5.74, 6) is 0.798. The van der Waals surface area contributed by atoms with Crippen molar-refractivity contribution in [2.75, 3.05) is 18.8 Å². The van der Waals surface area contributed by atoms with Gasteiger partial charge in [-0.3, -0.25) is 4.79 Å². The minimum Gasteiger partial charge on any atom is -0.477 e. The first-order valence-electron chi connectivity index (χ1n) is 5.84. The summed E-state index contributed by atoms with van der Waals surface area (Å²) in [6.45, 7) is 3.40. The van der Waals surface area contributed by atoms with E-state index in [9.17, 15) is 4.79 Å². The molecule has 17 heavy (non-hydrogen) atoms. The van der Waals surface area contributed by atoms with Crippen molar-refractivity contribution < 1.29 is 9.53 Å². The number of nitrogens with zero attached hydrogens (tertiary/aromatic N) is 2. The van der Waals surface area contributed by atoms with Crippen LogP contribution >= 0.6 is 0 Å². The zero-order valence-corrected chi connectivity index (χ0v) is 9.93. The Kier molecular flexibility index (Phi) is 3.46. The largest absolute Gasteiger partial charge is 0.477 e. The molecule has 0 saturated carbocycles. The van der Waals surface area contributed by atoms with Gasteiger partial charge in [0.25, 0.3) is 5.91 Å². The molecule has 5 nitrogen and oxygen atoms in total. The Hall–Kier alpha value is -1.78. The summed E-state index contributed by atoms with van der Waals surface area (Å²) in [6.07, 6.45) is 3.23. The molecule has 2 heterocycles. The van der Waals surface area contributed by atoms with Gasteiger partial charge < -0.3 is 15.4 Å². The van der Waals surface area contributed by atoms with E-state index in [1.165, 1.54) is 0 Å². The van der Waals surface area contributed by atoms with Gasteiger partial charge in [-0.05, 0) is 31.9 Å². The molecule has 0 spiro atoms. The number of ether oxygens (including phenoxy) is 1. The van der Waals surface area contributed by atoms with E-state index < -0.39 is 6.10 Å². The molecule has 5 heteroatoms. The molecule has 0 radical (unpaired) electrons. The number of rotatable bonds is 3. The van der Waals surface area contributed by atoms with Crippen molar-refractivity contribution in [1.29, 1.82) is 0 Å². The Morgan fingerprint density at radius 3 is 2.88 bits per heavy atom. The Morgan fingerprint density at radius 1 is 1.53 bits per heavy atom. The Morgan fingerprint density at radius 2 is 2.24 bits per heavy atom. The van der Waals surface area contributed by atoms with Crippen LogP contribution in [0.25, 0.3) is 0 Å². The molecule has 1 aromatic heterocycles. The van der Waals surface area contributed by atoms with Crippen LogP contribution in [0.1, 0.15) is 19.8 Å². The maximum Gasteiger partial charge on any atom is 0.263 e. The van der Waals surface area contributed by atoms with Crippen LogP contribution in [0.2, 0.25) is 0 Å². The Balaban J connectivity index is 1.99. The number of pyridine rings is 1. The molecule has 1 aliphatic heterocycles. The summed E-state index contributed by atoms with van der Waals surface area (Å²) in [6, 6.07) is 3.45.